The lowest BCUT2D eigenvalue weighted by atomic mass is 9.77. The molecule has 0 unspecified atom stereocenters. The molecule has 0 aromatic heterocycles. The molecule has 20 heavy (non-hydrogen) atoms. The number of aliphatic hydroxyl groups excluding tert-OH is 1. The van der Waals surface area contributed by atoms with Gasteiger partial charge in [-0.1, -0.05) is 18.5 Å². The number of hydrogen-bond acceptors (Lipinski definition) is 2. The lowest BCUT2D eigenvalue weighted by Crippen LogP contribution is -2.54. The van der Waals surface area contributed by atoms with Gasteiger partial charge in [0.2, 0.25) is 0 Å². The maximum Gasteiger partial charge on any atom is 0.319 e. The standard InChI is InChI=1S/C15H21ClN2O2/c1-11-6-8-15(10-19,9-7-11)18-14(20)17-13-4-2-12(16)3-5-13/h2-5,11,19H,6-10H2,1H3,(H2,17,18,20). The number of carbonyl (C=O) groups is 1. The summed E-state index contributed by atoms with van der Waals surface area (Å²) in [6.45, 7) is 2.18. The number of amides is 2. The molecule has 0 heterocycles. The zero-order chi connectivity index (χ0) is 14.6. The molecule has 2 rings (SSSR count). The van der Waals surface area contributed by atoms with Crippen LogP contribution in [-0.2, 0) is 0 Å². The second-order valence-electron chi connectivity index (χ2n) is 5.71. The first kappa shape index (κ1) is 15.1. The van der Waals surface area contributed by atoms with Crippen LogP contribution in [0.5, 0.6) is 0 Å². The number of nitrogens with one attached hydrogen (secondary N) is 2. The minimum atomic E-state index is -0.483. The molecule has 1 aliphatic rings. The molecule has 0 saturated heterocycles. The first-order chi connectivity index (χ1) is 9.53. The van der Waals surface area contributed by atoms with E-state index in [4.69, 9.17) is 11.6 Å². The van der Waals surface area contributed by atoms with E-state index >= 15 is 0 Å². The van der Waals surface area contributed by atoms with Crippen molar-refractivity contribution < 1.29 is 9.90 Å². The van der Waals surface area contributed by atoms with Crippen LogP contribution in [0.25, 0.3) is 0 Å². The van der Waals surface area contributed by atoms with Crippen LogP contribution in [0.2, 0.25) is 5.02 Å². The smallest absolute Gasteiger partial charge is 0.319 e. The van der Waals surface area contributed by atoms with E-state index in [9.17, 15) is 9.90 Å². The number of urea groups is 1. The topological polar surface area (TPSA) is 61.4 Å². The van der Waals surface area contributed by atoms with E-state index in [0.717, 1.165) is 25.7 Å². The Bertz CT molecular complexity index is 453. The molecule has 1 aromatic rings. The second-order valence-corrected chi connectivity index (χ2v) is 6.14. The highest BCUT2D eigenvalue weighted by Crippen LogP contribution is 2.31. The van der Waals surface area contributed by atoms with Crippen molar-refractivity contribution in [3.05, 3.63) is 29.3 Å². The highest BCUT2D eigenvalue weighted by atomic mass is 35.5. The Morgan fingerprint density at radius 1 is 1.35 bits per heavy atom. The lowest BCUT2D eigenvalue weighted by molar-refractivity contribution is 0.113. The summed E-state index contributed by atoms with van der Waals surface area (Å²) >= 11 is 5.80. The molecular formula is C15H21ClN2O2. The molecule has 1 saturated carbocycles. The normalized spacial score (nSPS) is 26.1. The summed E-state index contributed by atoms with van der Waals surface area (Å²) in [6, 6.07) is 6.66. The predicted octanol–water partition coefficient (Wildman–Crippen LogP) is 3.40. The number of benzene rings is 1. The Labute approximate surface area is 124 Å². The van der Waals surface area contributed by atoms with Gasteiger partial charge in [0.1, 0.15) is 0 Å². The zero-order valence-corrected chi connectivity index (χ0v) is 12.4. The predicted molar refractivity (Wildman–Crippen MR) is 81.1 cm³/mol. The molecule has 3 N–H and O–H groups in total. The Balaban J connectivity index is 1.94. The van der Waals surface area contributed by atoms with Crippen LogP contribution in [0.4, 0.5) is 10.5 Å². The molecule has 0 radical (unpaired) electrons. The van der Waals surface area contributed by atoms with E-state index in [2.05, 4.69) is 17.6 Å². The third-order valence-corrected chi connectivity index (χ3v) is 4.27. The Hall–Kier alpha value is -1.26. The van der Waals surface area contributed by atoms with Crippen LogP contribution >= 0.6 is 11.6 Å². The van der Waals surface area contributed by atoms with Crippen molar-refractivity contribution in [2.75, 3.05) is 11.9 Å². The largest absolute Gasteiger partial charge is 0.394 e. The van der Waals surface area contributed by atoms with Gasteiger partial charge in [0.05, 0.1) is 12.1 Å². The first-order valence-corrected chi connectivity index (χ1v) is 7.36. The van der Waals surface area contributed by atoms with Crippen molar-refractivity contribution in [1.29, 1.82) is 0 Å². The van der Waals surface area contributed by atoms with Crippen molar-refractivity contribution >= 4 is 23.3 Å². The summed E-state index contributed by atoms with van der Waals surface area (Å²) in [5.41, 5.74) is 0.201. The van der Waals surface area contributed by atoms with Gasteiger partial charge in [-0.05, 0) is 55.9 Å². The van der Waals surface area contributed by atoms with Crippen molar-refractivity contribution in [3.63, 3.8) is 0 Å². The van der Waals surface area contributed by atoms with Crippen LogP contribution in [0, 0.1) is 5.92 Å². The molecule has 1 aromatic carbocycles. The summed E-state index contributed by atoms with van der Waals surface area (Å²) < 4.78 is 0. The van der Waals surface area contributed by atoms with Crippen molar-refractivity contribution in [3.8, 4) is 0 Å². The van der Waals surface area contributed by atoms with Crippen molar-refractivity contribution in [2.45, 2.75) is 38.1 Å². The molecule has 110 valence electrons. The van der Waals surface area contributed by atoms with Gasteiger partial charge in [0.15, 0.2) is 0 Å². The van der Waals surface area contributed by atoms with Gasteiger partial charge in [-0.25, -0.2) is 4.79 Å². The Kier molecular flexibility index (Phi) is 4.89. The molecule has 1 aliphatic carbocycles. The first-order valence-electron chi connectivity index (χ1n) is 6.99. The van der Waals surface area contributed by atoms with Crippen molar-refractivity contribution in [2.24, 2.45) is 5.92 Å². The molecule has 0 atom stereocenters. The molecule has 2 amide bonds. The molecule has 0 bridgehead atoms. The number of rotatable bonds is 3. The SMILES string of the molecule is CC1CCC(CO)(NC(=O)Nc2ccc(Cl)cc2)CC1. The quantitative estimate of drug-likeness (QED) is 0.800. The number of anilines is 1. The van der Waals surface area contributed by atoms with Crippen LogP contribution in [0.3, 0.4) is 0 Å². The Morgan fingerprint density at radius 3 is 2.50 bits per heavy atom. The van der Waals surface area contributed by atoms with Gasteiger partial charge < -0.3 is 15.7 Å². The summed E-state index contributed by atoms with van der Waals surface area (Å²) in [5.74, 6) is 0.663. The summed E-state index contributed by atoms with van der Waals surface area (Å²) in [5, 5.41) is 15.9. The third-order valence-electron chi connectivity index (χ3n) is 4.01. The van der Waals surface area contributed by atoms with E-state index in [1.165, 1.54) is 0 Å². The third kappa shape index (κ3) is 3.87. The van der Waals surface area contributed by atoms with Crippen LogP contribution in [0.1, 0.15) is 32.6 Å². The van der Waals surface area contributed by atoms with E-state index in [1.807, 2.05) is 0 Å². The van der Waals surface area contributed by atoms with E-state index < -0.39 is 5.54 Å². The van der Waals surface area contributed by atoms with Gasteiger partial charge in [-0.2, -0.15) is 0 Å². The highest BCUT2D eigenvalue weighted by molar-refractivity contribution is 6.30. The molecule has 4 nitrogen and oxygen atoms in total. The molecule has 0 spiro atoms. The Morgan fingerprint density at radius 2 is 1.95 bits per heavy atom. The van der Waals surface area contributed by atoms with Gasteiger partial charge in [0.25, 0.3) is 0 Å². The van der Waals surface area contributed by atoms with Crippen LogP contribution < -0.4 is 10.6 Å². The number of carbonyl (C=O) groups excluding carboxylic acids is 1. The van der Waals surface area contributed by atoms with Gasteiger partial charge >= 0.3 is 6.03 Å². The van der Waals surface area contributed by atoms with E-state index in [-0.39, 0.29) is 12.6 Å². The maximum absolute atomic E-state index is 12.0. The average molecular weight is 297 g/mol. The molecule has 5 heteroatoms. The fourth-order valence-corrected chi connectivity index (χ4v) is 2.70. The van der Waals surface area contributed by atoms with Crippen LogP contribution in [-0.4, -0.2) is 23.3 Å². The van der Waals surface area contributed by atoms with E-state index in [1.54, 1.807) is 24.3 Å². The molecule has 0 aliphatic heterocycles. The second kappa shape index (κ2) is 6.46. The fraction of sp³-hybridized carbons (Fsp3) is 0.533. The fourth-order valence-electron chi connectivity index (χ4n) is 2.57. The number of aliphatic hydroxyl groups is 1. The lowest BCUT2D eigenvalue weighted by Gasteiger charge is -2.38. The van der Waals surface area contributed by atoms with Crippen LogP contribution in [0.15, 0.2) is 24.3 Å². The monoisotopic (exact) mass is 296 g/mol. The molecule has 1 fully saturated rings. The van der Waals surface area contributed by atoms with Gasteiger partial charge in [-0.15, -0.1) is 0 Å². The highest BCUT2D eigenvalue weighted by Gasteiger charge is 2.34. The minimum Gasteiger partial charge on any atom is -0.394 e. The average Bonchev–Trinajstić information content (AvgIpc) is 2.44. The maximum atomic E-state index is 12.0. The summed E-state index contributed by atoms with van der Waals surface area (Å²) in [7, 11) is 0. The minimum absolute atomic E-state index is 0.0201. The van der Waals surface area contributed by atoms with Gasteiger partial charge in [0, 0.05) is 10.7 Å². The summed E-state index contributed by atoms with van der Waals surface area (Å²) in [4.78, 5) is 12.0. The molecular weight excluding hydrogens is 276 g/mol. The van der Waals surface area contributed by atoms with Gasteiger partial charge in [-0.3, -0.25) is 0 Å². The van der Waals surface area contributed by atoms with E-state index in [0.29, 0.717) is 16.6 Å². The van der Waals surface area contributed by atoms with Crippen molar-refractivity contribution in [1.82, 2.24) is 5.32 Å². The zero-order valence-electron chi connectivity index (χ0n) is 11.7. The summed E-state index contributed by atoms with van der Waals surface area (Å²) in [6.07, 6.45) is 3.70. The number of hydrogen-bond donors (Lipinski definition) is 3. The number of halogens is 1.